The lowest BCUT2D eigenvalue weighted by atomic mass is 10.2. The third kappa shape index (κ3) is 3.30. The molecule has 2 heterocycles. The van der Waals surface area contributed by atoms with Gasteiger partial charge in [-0.25, -0.2) is 23.2 Å². The Bertz CT molecular complexity index is 617. The second-order valence-corrected chi connectivity index (χ2v) is 7.12. The van der Waals surface area contributed by atoms with E-state index >= 15 is 0 Å². The van der Waals surface area contributed by atoms with Crippen LogP contribution in [0.15, 0.2) is 12.4 Å². The Hall–Kier alpha value is -1.74. The van der Waals surface area contributed by atoms with Gasteiger partial charge in [-0.15, -0.1) is 0 Å². The minimum Gasteiger partial charge on any atom is -0.476 e. The van der Waals surface area contributed by atoms with Gasteiger partial charge in [0.15, 0.2) is 5.69 Å². The Balaban J connectivity index is 2.12. The average Bonchev–Trinajstić information content (AvgIpc) is 2.47. The predicted octanol–water partition coefficient (Wildman–Crippen LogP) is 0.0350. The topological polar surface area (TPSA) is 104 Å². The summed E-state index contributed by atoms with van der Waals surface area (Å²) >= 11 is 0. The van der Waals surface area contributed by atoms with Gasteiger partial charge in [-0.05, 0) is 13.8 Å². The molecule has 1 atom stereocenters. The number of hydrogen-bond acceptors (Lipinski definition) is 6. The molecule has 116 valence electrons. The highest BCUT2D eigenvalue weighted by molar-refractivity contribution is 7.89. The van der Waals surface area contributed by atoms with Gasteiger partial charge >= 0.3 is 5.97 Å². The maximum atomic E-state index is 11.9. The molecule has 0 bridgehead atoms. The van der Waals surface area contributed by atoms with Crippen LogP contribution in [0, 0.1) is 0 Å². The molecule has 0 amide bonds. The van der Waals surface area contributed by atoms with Gasteiger partial charge in [0.2, 0.25) is 10.0 Å². The normalized spacial score (nSPS) is 20.5. The standard InChI is InChI=1S/C12H18N4O4S/c1-3-21(19,20)15-4-5-16(9(2)8-15)11-7-13-10(6-14-11)12(17)18/h6-7,9H,3-5,8H2,1-2H3,(H,17,18)/t9-/m1/s1. The van der Waals surface area contributed by atoms with Crippen molar-refractivity contribution >= 4 is 21.8 Å². The molecule has 21 heavy (non-hydrogen) atoms. The maximum Gasteiger partial charge on any atom is 0.356 e. The van der Waals surface area contributed by atoms with E-state index in [0.29, 0.717) is 25.5 Å². The van der Waals surface area contributed by atoms with E-state index in [9.17, 15) is 13.2 Å². The van der Waals surface area contributed by atoms with E-state index in [0.717, 1.165) is 0 Å². The van der Waals surface area contributed by atoms with Gasteiger partial charge in [-0.3, -0.25) is 0 Å². The first kappa shape index (κ1) is 15.6. The van der Waals surface area contributed by atoms with Crippen LogP contribution in [0.25, 0.3) is 0 Å². The molecule has 8 nitrogen and oxygen atoms in total. The zero-order valence-electron chi connectivity index (χ0n) is 11.9. The van der Waals surface area contributed by atoms with Gasteiger partial charge in [-0.1, -0.05) is 0 Å². The van der Waals surface area contributed by atoms with Crippen molar-refractivity contribution < 1.29 is 18.3 Å². The zero-order valence-corrected chi connectivity index (χ0v) is 12.7. The molecule has 1 aromatic rings. The molecule has 2 rings (SSSR count). The predicted molar refractivity (Wildman–Crippen MR) is 76.8 cm³/mol. The number of rotatable bonds is 4. The van der Waals surface area contributed by atoms with Crippen LogP contribution in [0.1, 0.15) is 24.3 Å². The fourth-order valence-corrected chi connectivity index (χ4v) is 3.45. The fourth-order valence-electron chi connectivity index (χ4n) is 2.28. The summed E-state index contributed by atoms with van der Waals surface area (Å²) in [7, 11) is -3.18. The van der Waals surface area contributed by atoms with Gasteiger partial charge in [0.1, 0.15) is 5.82 Å². The number of aromatic carboxylic acids is 1. The van der Waals surface area contributed by atoms with Crippen molar-refractivity contribution in [2.24, 2.45) is 0 Å². The number of carboxylic acids is 1. The molecule has 0 aliphatic carbocycles. The Labute approximate surface area is 123 Å². The quantitative estimate of drug-likeness (QED) is 0.836. The lowest BCUT2D eigenvalue weighted by Crippen LogP contribution is -2.54. The Morgan fingerprint density at radius 2 is 2.10 bits per heavy atom. The third-order valence-electron chi connectivity index (χ3n) is 3.50. The molecule has 1 aromatic heterocycles. The molecule has 1 N–H and O–H groups in total. The van der Waals surface area contributed by atoms with Crippen molar-refractivity contribution in [1.82, 2.24) is 14.3 Å². The lowest BCUT2D eigenvalue weighted by Gasteiger charge is -2.39. The minimum absolute atomic E-state index is 0.0509. The van der Waals surface area contributed by atoms with Gasteiger partial charge < -0.3 is 10.0 Å². The summed E-state index contributed by atoms with van der Waals surface area (Å²) in [6, 6.07) is -0.0509. The van der Waals surface area contributed by atoms with Crippen molar-refractivity contribution in [3.63, 3.8) is 0 Å². The van der Waals surface area contributed by atoms with Crippen LogP contribution in [0.4, 0.5) is 5.82 Å². The highest BCUT2D eigenvalue weighted by atomic mass is 32.2. The summed E-state index contributed by atoms with van der Waals surface area (Å²) < 4.78 is 25.2. The lowest BCUT2D eigenvalue weighted by molar-refractivity contribution is 0.0690. The van der Waals surface area contributed by atoms with Crippen LogP contribution in [-0.2, 0) is 10.0 Å². The summed E-state index contributed by atoms with van der Waals surface area (Å²) in [5, 5.41) is 8.80. The maximum absolute atomic E-state index is 11.9. The first-order valence-corrected chi connectivity index (χ1v) is 8.26. The van der Waals surface area contributed by atoms with Crippen molar-refractivity contribution in [3.05, 3.63) is 18.1 Å². The number of nitrogens with zero attached hydrogens (tertiary/aromatic N) is 4. The van der Waals surface area contributed by atoms with Crippen LogP contribution in [0.5, 0.6) is 0 Å². The Morgan fingerprint density at radius 3 is 2.57 bits per heavy atom. The number of aromatic nitrogens is 2. The molecule has 0 saturated carbocycles. The number of hydrogen-bond donors (Lipinski definition) is 1. The number of piperazine rings is 1. The SMILES string of the molecule is CCS(=O)(=O)N1CCN(c2cnc(C(=O)O)cn2)[C@H](C)C1. The molecule has 1 aliphatic rings. The molecule has 1 saturated heterocycles. The molecule has 0 unspecified atom stereocenters. The van der Waals surface area contributed by atoms with Crippen molar-refractivity contribution in [3.8, 4) is 0 Å². The highest BCUT2D eigenvalue weighted by Crippen LogP contribution is 2.19. The first-order chi connectivity index (χ1) is 9.85. The Morgan fingerprint density at radius 1 is 1.38 bits per heavy atom. The third-order valence-corrected chi connectivity index (χ3v) is 5.35. The number of carboxylic acid groups (broad SMARTS) is 1. The van der Waals surface area contributed by atoms with Crippen LogP contribution >= 0.6 is 0 Å². The summed E-state index contributed by atoms with van der Waals surface area (Å²) in [4.78, 5) is 20.6. The minimum atomic E-state index is -3.18. The van der Waals surface area contributed by atoms with Crippen LogP contribution < -0.4 is 4.90 Å². The molecule has 0 spiro atoms. The second kappa shape index (κ2) is 5.94. The van der Waals surface area contributed by atoms with Gasteiger partial charge in [0.05, 0.1) is 18.1 Å². The van der Waals surface area contributed by atoms with E-state index in [1.54, 1.807) is 6.92 Å². The largest absolute Gasteiger partial charge is 0.476 e. The number of sulfonamides is 1. The van der Waals surface area contributed by atoms with Crippen LogP contribution in [0.3, 0.4) is 0 Å². The monoisotopic (exact) mass is 314 g/mol. The molecule has 0 radical (unpaired) electrons. The second-order valence-electron chi connectivity index (χ2n) is 4.87. The molecular weight excluding hydrogens is 296 g/mol. The van der Waals surface area contributed by atoms with E-state index in [2.05, 4.69) is 9.97 Å². The van der Waals surface area contributed by atoms with E-state index in [-0.39, 0.29) is 17.5 Å². The van der Waals surface area contributed by atoms with E-state index < -0.39 is 16.0 Å². The first-order valence-electron chi connectivity index (χ1n) is 6.65. The number of anilines is 1. The summed E-state index contributed by atoms with van der Waals surface area (Å²) in [5.74, 6) is -0.477. The highest BCUT2D eigenvalue weighted by Gasteiger charge is 2.30. The smallest absolute Gasteiger partial charge is 0.356 e. The summed E-state index contributed by atoms with van der Waals surface area (Å²) in [6.07, 6.45) is 2.61. The molecule has 0 aromatic carbocycles. The molecule has 1 fully saturated rings. The average molecular weight is 314 g/mol. The van der Waals surface area contributed by atoms with E-state index in [1.807, 2.05) is 11.8 Å². The Kier molecular flexibility index (Phi) is 4.43. The van der Waals surface area contributed by atoms with Crippen molar-refractivity contribution in [2.45, 2.75) is 19.9 Å². The molecule has 1 aliphatic heterocycles. The van der Waals surface area contributed by atoms with Crippen LogP contribution in [0.2, 0.25) is 0 Å². The summed E-state index contributed by atoms with van der Waals surface area (Å²) in [5.41, 5.74) is -0.112. The summed E-state index contributed by atoms with van der Waals surface area (Å²) in [6.45, 7) is 4.81. The van der Waals surface area contributed by atoms with E-state index in [4.69, 9.17) is 5.11 Å². The molecule has 9 heteroatoms. The van der Waals surface area contributed by atoms with Gasteiger partial charge in [0, 0.05) is 25.7 Å². The fraction of sp³-hybridized carbons (Fsp3) is 0.583. The van der Waals surface area contributed by atoms with Crippen molar-refractivity contribution in [2.75, 3.05) is 30.3 Å². The van der Waals surface area contributed by atoms with Crippen molar-refractivity contribution in [1.29, 1.82) is 0 Å². The van der Waals surface area contributed by atoms with E-state index in [1.165, 1.54) is 16.7 Å². The van der Waals surface area contributed by atoms with Gasteiger partial charge in [-0.2, -0.15) is 4.31 Å². The zero-order chi connectivity index (χ0) is 15.6. The van der Waals surface area contributed by atoms with Gasteiger partial charge in [0.25, 0.3) is 0 Å². The number of carbonyl (C=O) groups is 1. The van der Waals surface area contributed by atoms with Crippen LogP contribution in [-0.4, -0.2) is 65.2 Å². The molecular formula is C12H18N4O4S.